The molecule has 2 N–H and O–H groups in total. The van der Waals surface area contributed by atoms with Gasteiger partial charge in [0.25, 0.3) is 0 Å². The second-order valence-corrected chi connectivity index (χ2v) is 8.73. The number of rotatable bonds is 5. The molecule has 2 atom stereocenters. The van der Waals surface area contributed by atoms with Crippen LogP contribution in [0.4, 0.5) is 4.79 Å². The van der Waals surface area contributed by atoms with Gasteiger partial charge in [-0.15, -0.1) is 5.92 Å². The van der Waals surface area contributed by atoms with Crippen molar-refractivity contribution in [3.05, 3.63) is 0 Å². The highest BCUT2D eigenvalue weighted by Crippen LogP contribution is 2.21. The summed E-state index contributed by atoms with van der Waals surface area (Å²) in [7, 11) is 0. The van der Waals surface area contributed by atoms with Crippen molar-refractivity contribution in [3.8, 4) is 11.8 Å². The van der Waals surface area contributed by atoms with Crippen molar-refractivity contribution in [2.45, 2.75) is 71.8 Å². The topological polar surface area (TPSA) is 50.4 Å². The van der Waals surface area contributed by atoms with Crippen LogP contribution in [0.5, 0.6) is 0 Å². The Morgan fingerprint density at radius 1 is 1.24 bits per heavy atom. The van der Waals surface area contributed by atoms with Crippen LogP contribution in [0.15, 0.2) is 0 Å². The molecule has 0 spiro atoms. The molecule has 0 aromatic rings. The van der Waals surface area contributed by atoms with Gasteiger partial charge in [-0.2, -0.15) is 0 Å². The summed E-state index contributed by atoms with van der Waals surface area (Å²) in [5.74, 6) is 6.27. The molecule has 0 aromatic heterocycles. The van der Waals surface area contributed by atoms with Crippen molar-refractivity contribution in [1.29, 1.82) is 0 Å². The monoisotopic (exact) mass is 314 g/mol. The number of ether oxygens (including phenoxy) is 1. The van der Waals surface area contributed by atoms with Crippen LogP contribution in [0.25, 0.3) is 0 Å². The standard InChI is InChI=1S/C16H30N2O2S/c1-9-10-13(18-21-16(6,7)8)12(2)11-17-14(19)20-15(3,4)5/h12-13,18H,11H2,1-8H3,(H,17,19). The number of carbonyl (C=O) groups is 1. The number of carbonyl (C=O) groups excluding carboxylic acids is 1. The summed E-state index contributed by atoms with van der Waals surface area (Å²) in [5.41, 5.74) is -0.476. The number of hydrogen-bond acceptors (Lipinski definition) is 4. The summed E-state index contributed by atoms with van der Waals surface area (Å²) in [5, 5.41) is 2.80. The zero-order valence-electron chi connectivity index (χ0n) is 14.6. The van der Waals surface area contributed by atoms with Gasteiger partial charge in [-0.05, 0) is 48.5 Å². The molecule has 0 heterocycles. The highest BCUT2D eigenvalue weighted by molar-refractivity contribution is 7.98. The van der Waals surface area contributed by atoms with Crippen LogP contribution in [0.1, 0.15) is 55.4 Å². The lowest BCUT2D eigenvalue weighted by molar-refractivity contribution is 0.0519. The third-order valence-corrected chi connectivity index (χ3v) is 3.31. The SMILES string of the molecule is CC#CC(NSC(C)(C)C)C(C)CNC(=O)OC(C)(C)C. The molecule has 0 aliphatic heterocycles. The van der Waals surface area contributed by atoms with Crippen LogP contribution >= 0.6 is 11.9 Å². The molecule has 0 aromatic carbocycles. The second-order valence-electron chi connectivity index (χ2n) is 7.06. The summed E-state index contributed by atoms with van der Waals surface area (Å²) >= 11 is 1.66. The molecule has 1 amide bonds. The smallest absolute Gasteiger partial charge is 0.407 e. The van der Waals surface area contributed by atoms with E-state index in [1.54, 1.807) is 11.9 Å². The molecule has 122 valence electrons. The first kappa shape index (κ1) is 20.1. The van der Waals surface area contributed by atoms with Crippen molar-refractivity contribution < 1.29 is 9.53 Å². The Morgan fingerprint density at radius 2 is 1.81 bits per heavy atom. The zero-order valence-corrected chi connectivity index (χ0v) is 15.4. The van der Waals surface area contributed by atoms with Gasteiger partial charge in [0.2, 0.25) is 0 Å². The molecule has 0 saturated carbocycles. The van der Waals surface area contributed by atoms with Crippen molar-refractivity contribution in [2.75, 3.05) is 6.54 Å². The van der Waals surface area contributed by atoms with Gasteiger partial charge < -0.3 is 10.1 Å². The molecule has 5 heteroatoms. The molecule has 2 unspecified atom stereocenters. The average Bonchev–Trinajstić information content (AvgIpc) is 2.28. The summed E-state index contributed by atoms with van der Waals surface area (Å²) in [6.07, 6.45) is -0.388. The summed E-state index contributed by atoms with van der Waals surface area (Å²) < 4.78 is 8.73. The van der Waals surface area contributed by atoms with Crippen molar-refractivity contribution in [2.24, 2.45) is 5.92 Å². The Balaban J connectivity index is 4.38. The van der Waals surface area contributed by atoms with E-state index < -0.39 is 5.60 Å². The molecule has 0 rings (SSSR count). The second kappa shape index (κ2) is 8.55. The molecular weight excluding hydrogens is 284 g/mol. The van der Waals surface area contributed by atoms with Gasteiger partial charge >= 0.3 is 6.09 Å². The minimum atomic E-state index is -0.476. The van der Waals surface area contributed by atoms with E-state index in [-0.39, 0.29) is 22.8 Å². The van der Waals surface area contributed by atoms with Crippen LogP contribution in [0.3, 0.4) is 0 Å². The van der Waals surface area contributed by atoms with Crippen LogP contribution in [0, 0.1) is 17.8 Å². The maximum Gasteiger partial charge on any atom is 0.407 e. The lowest BCUT2D eigenvalue weighted by Gasteiger charge is -2.26. The zero-order chi connectivity index (χ0) is 16.7. The maximum atomic E-state index is 11.7. The molecule has 0 radical (unpaired) electrons. The molecule has 0 aliphatic rings. The van der Waals surface area contributed by atoms with E-state index in [0.717, 1.165) is 0 Å². The maximum absolute atomic E-state index is 11.7. The van der Waals surface area contributed by atoms with E-state index in [0.29, 0.717) is 6.54 Å². The van der Waals surface area contributed by atoms with Gasteiger partial charge in [-0.25, -0.2) is 9.52 Å². The van der Waals surface area contributed by atoms with E-state index in [4.69, 9.17) is 4.74 Å². The first-order valence-electron chi connectivity index (χ1n) is 7.27. The van der Waals surface area contributed by atoms with Gasteiger partial charge in [-0.1, -0.05) is 24.8 Å². The van der Waals surface area contributed by atoms with Crippen LogP contribution in [0.2, 0.25) is 0 Å². The predicted octanol–water partition coefficient (Wildman–Crippen LogP) is 3.58. The fraction of sp³-hybridized carbons (Fsp3) is 0.812. The van der Waals surface area contributed by atoms with Crippen LogP contribution in [-0.2, 0) is 4.74 Å². The predicted molar refractivity (Wildman–Crippen MR) is 91.1 cm³/mol. The van der Waals surface area contributed by atoms with E-state index in [1.165, 1.54) is 0 Å². The van der Waals surface area contributed by atoms with Gasteiger partial charge in [0.1, 0.15) is 5.60 Å². The number of amides is 1. The normalized spacial score (nSPS) is 14.7. The van der Waals surface area contributed by atoms with Crippen molar-refractivity contribution in [1.82, 2.24) is 10.0 Å². The number of nitrogens with one attached hydrogen (secondary N) is 2. The van der Waals surface area contributed by atoms with E-state index >= 15 is 0 Å². The van der Waals surface area contributed by atoms with Crippen LogP contribution in [-0.4, -0.2) is 29.0 Å². The Kier molecular flexibility index (Phi) is 8.20. The largest absolute Gasteiger partial charge is 0.444 e. The number of hydrogen-bond donors (Lipinski definition) is 2. The Morgan fingerprint density at radius 3 is 2.24 bits per heavy atom. The van der Waals surface area contributed by atoms with E-state index in [9.17, 15) is 4.79 Å². The molecule has 4 nitrogen and oxygen atoms in total. The molecule has 0 saturated heterocycles. The summed E-state index contributed by atoms with van der Waals surface area (Å²) in [4.78, 5) is 11.7. The highest BCUT2D eigenvalue weighted by Gasteiger charge is 2.21. The third kappa shape index (κ3) is 11.5. The molecule has 0 aliphatic carbocycles. The van der Waals surface area contributed by atoms with Gasteiger partial charge in [-0.3, -0.25) is 0 Å². The van der Waals surface area contributed by atoms with Gasteiger partial charge in [0.15, 0.2) is 0 Å². The molecular formula is C16H30N2O2S. The minimum Gasteiger partial charge on any atom is -0.444 e. The van der Waals surface area contributed by atoms with Crippen molar-refractivity contribution in [3.63, 3.8) is 0 Å². The minimum absolute atomic E-state index is 0.0224. The Bertz CT molecular complexity index is 386. The highest BCUT2D eigenvalue weighted by atomic mass is 32.2. The van der Waals surface area contributed by atoms with Crippen LogP contribution < -0.4 is 10.0 Å². The summed E-state index contributed by atoms with van der Waals surface area (Å²) in [6.45, 7) is 16.4. The fourth-order valence-electron chi connectivity index (χ4n) is 1.36. The van der Waals surface area contributed by atoms with E-state index in [1.807, 2.05) is 27.7 Å². The first-order valence-corrected chi connectivity index (χ1v) is 8.09. The number of alkyl carbamates (subject to hydrolysis) is 1. The molecule has 0 bridgehead atoms. The quantitative estimate of drug-likeness (QED) is 0.601. The average molecular weight is 314 g/mol. The lowest BCUT2D eigenvalue weighted by atomic mass is 10.0. The summed E-state index contributed by atoms with van der Waals surface area (Å²) in [6, 6.07) is 0.0224. The van der Waals surface area contributed by atoms with E-state index in [2.05, 4.69) is 49.6 Å². The molecule has 0 fully saturated rings. The Labute approximate surface area is 134 Å². The van der Waals surface area contributed by atoms with Crippen molar-refractivity contribution >= 4 is 18.0 Å². The van der Waals surface area contributed by atoms with Gasteiger partial charge in [0.05, 0.1) is 6.04 Å². The lowest BCUT2D eigenvalue weighted by Crippen LogP contribution is -2.40. The van der Waals surface area contributed by atoms with Gasteiger partial charge in [0, 0.05) is 17.2 Å². The molecule has 21 heavy (non-hydrogen) atoms. The third-order valence-electron chi connectivity index (χ3n) is 2.33. The fourth-order valence-corrected chi connectivity index (χ4v) is 2.13. The Hall–Kier alpha value is -0.860. The first-order chi connectivity index (χ1) is 9.44.